The summed E-state index contributed by atoms with van der Waals surface area (Å²) in [5.41, 5.74) is 22.7. The summed E-state index contributed by atoms with van der Waals surface area (Å²) in [6, 6.07) is -4.47. The lowest BCUT2D eigenvalue weighted by atomic mass is 9.92. The highest BCUT2D eigenvalue weighted by molar-refractivity contribution is 5.88. The van der Waals surface area contributed by atoms with Crippen molar-refractivity contribution in [1.82, 2.24) is 26.2 Å². The van der Waals surface area contributed by atoms with E-state index in [0.717, 1.165) is 14.2 Å². The van der Waals surface area contributed by atoms with Crippen LogP contribution in [-0.4, -0.2) is 264 Å². The van der Waals surface area contributed by atoms with Crippen molar-refractivity contribution in [2.75, 3.05) is 133 Å². The third-order valence-corrected chi connectivity index (χ3v) is 12.5. The van der Waals surface area contributed by atoms with E-state index in [1.165, 1.54) is 26.0 Å². The molecule has 0 aromatic carbocycles. The quantitative estimate of drug-likeness (QED) is 0.00711. The Bertz CT molecular complexity index is 2470. The van der Waals surface area contributed by atoms with Crippen LogP contribution in [0, 0.1) is 12.3 Å². The average molecular weight is 1240 g/mol. The number of carbonyl (C=O) groups excluding carboxylic acids is 9. The third-order valence-electron chi connectivity index (χ3n) is 12.5. The monoisotopic (exact) mass is 1240 g/mol. The SMILES string of the molecule is C#CCOCCOCCOCCOCCC(=O)N(CCCCNC(=O)CO[C@@H]([C@@H]1OC(C(=O)OC)=C[C@H](N=C(N)N)[C@H]1NC(C)=O)[C@H]1COC(=O)O1)CCOCCNC(=O)CO[C@@H]([C@@H]1OC(C(=O)OC)=C[C@H](N=C(N)N)[C@H]1NC(C)=O)[C@H]1COC(=O)O1. The summed E-state index contributed by atoms with van der Waals surface area (Å²) >= 11 is 0. The van der Waals surface area contributed by atoms with Crippen LogP contribution in [0.5, 0.6) is 0 Å². The third kappa shape index (κ3) is 25.7. The maximum Gasteiger partial charge on any atom is 0.508 e. The van der Waals surface area contributed by atoms with Gasteiger partial charge >= 0.3 is 24.2 Å². The van der Waals surface area contributed by atoms with E-state index in [2.05, 4.69) is 37.2 Å². The first-order valence-corrected chi connectivity index (χ1v) is 27.4. The van der Waals surface area contributed by atoms with E-state index < -0.39 is 134 Å². The van der Waals surface area contributed by atoms with Crippen LogP contribution in [0.3, 0.4) is 0 Å². The molecule has 0 unspecified atom stereocenters. The molecule has 35 heteroatoms. The van der Waals surface area contributed by atoms with Gasteiger partial charge in [0, 0.05) is 40.0 Å². The van der Waals surface area contributed by atoms with Crippen molar-refractivity contribution < 1.29 is 114 Å². The number of unbranched alkanes of at least 4 members (excludes halogenated alkanes) is 1. The molecule has 0 bridgehead atoms. The zero-order chi connectivity index (χ0) is 63.7. The predicted octanol–water partition coefficient (Wildman–Crippen LogP) is -5.02. The maximum absolute atomic E-state index is 13.6. The molecule has 2 fully saturated rings. The fourth-order valence-electron chi connectivity index (χ4n) is 8.73. The van der Waals surface area contributed by atoms with E-state index in [4.69, 9.17) is 100 Å². The zero-order valence-corrected chi connectivity index (χ0v) is 48.8. The molecule has 0 spiro atoms. The minimum absolute atomic E-state index is 0.00437. The van der Waals surface area contributed by atoms with Crippen LogP contribution >= 0.6 is 0 Å². The number of rotatable bonds is 40. The summed E-state index contributed by atoms with van der Waals surface area (Å²) in [6.07, 6.45) is -1.52. The van der Waals surface area contributed by atoms with Crippen molar-refractivity contribution in [3.8, 4) is 12.3 Å². The molecule has 5 amide bonds. The fraction of sp³-hybridized carbons (Fsp3) is 0.673. The minimum atomic E-state index is -1.36. The molecule has 2 saturated heterocycles. The Labute approximate surface area is 500 Å². The number of nitrogens with zero attached hydrogens (tertiary/aromatic N) is 3. The summed E-state index contributed by atoms with van der Waals surface area (Å²) in [5, 5.41) is 10.7. The molecule has 486 valence electrons. The van der Waals surface area contributed by atoms with Gasteiger partial charge in [0.05, 0.1) is 104 Å². The number of esters is 2. The number of terminal acetylenes is 1. The number of hydrogen-bond acceptors (Lipinski definition) is 26. The van der Waals surface area contributed by atoms with Crippen LogP contribution in [-0.2, 0) is 105 Å². The first kappa shape index (κ1) is 71.2. The second-order valence-electron chi connectivity index (χ2n) is 19.0. The Morgan fingerprint density at radius 3 is 1.49 bits per heavy atom. The van der Waals surface area contributed by atoms with E-state index in [0.29, 0.717) is 39.3 Å². The van der Waals surface area contributed by atoms with Crippen molar-refractivity contribution in [3.05, 3.63) is 23.7 Å². The summed E-state index contributed by atoms with van der Waals surface area (Å²) < 4.78 is 81.5. The molecular weight excluding hydrogens is 1160 g/mol. The largest absolute Gasteiger partial charge is 0.508 e. The van der Waals surface area contributed by atoms with E-state index in [1.54, 1.807) is 4.90 Å². The van der Waals surface area contributed by atoms with Gasteiger partial charge in [-0.2, -0.15) is 0 Å². The Morgan fingerprint density at radius 2 is 1.07 bits per heavy atom. The maximum atomic E-state index is 13.6. The molecule has 0 aromatic rings. The van der Waals surface area contributed by atoms with Crippen LogP contribution < -0.4 is 44.2 Å². The van der Waals surface area contributed by atoms with Gasteiger partial charge in [-0.3, -0.25) is 24.0 Å². The molecule has 10 atom stereocenters. The molecule has 87 heavy (non-hydrogen) atoms. The summed E-state index contributed by atoms with van der Waals surface area (Å²) in [6.45, 7) is 2.99. The topological polar surface area (TPSA) is 472 Å². The fourth-order valence-corrected chi connectivity index (χ4v) is 8.73. The van der Waals surface area contributed by atoms with Gasteiger partial charge in [-0.1, -0.05) is 5.92 Å². The van der Waals surface area contributed by atoms with Crippen molar-refractivity contribution in [2.45, 2.75) is 93.9 Å². The number of guanidine groups is 2. The van der Waals surface area contributed by atoms with Gasteiger partial charge in [-0.15, -0.1) is 6.42 Å². The number of ether oxygens (including phenoxy) is 15. The predicted molar refractivity (Wildman–Crippen MR) is 296 cm³/mol. The molecule has 0 aromatic heterocycles. The minimum Gasteiger partial charge on any atom is -0.478 e. The zero-order valence-electron chi connectivity index (χ0n) is 48.8. The Balaban J connectivity index is 1.32. The number of cyclic esters (lactones) is 4. The first-order valence-electron chi connectivity index (χ1n) is 27.4. The lowest BCUT2D eigenvalue weighted by molar-refractivity contribution is -0.155. The van der Waals surface area contributed by atoms with Crippen molar-refractivity contribution in [3.63, 3.8) is 0 Å². The Kier molecular flexibility index (Phi) is 31.7. The van der Waals surface area contributed by atoms with Gasteiger partial charge in [-0.25, -0.2) is 29.2 Å². The number of amides is 5. The number of methoxy groups -OCH3 is 2. The van der Waals surface area contributed by atoms with Gasteiger partial charge < -0.3 is 120 Å². The smallest absolute Gasteiger partial charge is 0.478 e. The number of nitrogens with one attached hydrogen (secondary N) is 4. The van der Waals surface area contributed by atoms with Crippen molar-refractivity contribution in [2.24, 2.45) is 32.9 Å². The molecular formula is C52H79N11O24. The van der Waals surface area contributed by atoms with Crippen molar-refractivity contribution in [1.29, 1.82) is 0 Å². The highest BCUT2D eigenvalue weighted by Crippen LogP contribution is 2.31. The Hall–Kier alpha value is -8.27. The van der Waals surface area contributed by atoms with Gasteiger partial charge in [0.2, 0.25) is 41.1 Å². The van der Waals surface area contributed by atoms with Gasteiger partial charge in [0.15, 0.2) is 36.3 Å². The highest BCUT2D eigenvalue weighted by Gasteiger charge is 2.50. The summed E-state index contributed by atoms with van der Waals surface area (Å²) in [5.74, 6) is -3.65. The molecule has 12 N–H and O–H groups in total. The molecule has 0 saturated carbocycles. The van der Waals surface area contributed by atoms with E-state index >= 15 is 0 Å². The van der Waals surface area contributed by atoms with E-state index in [1.807, 2.05) is 0 Å². The Morgan fingerprint density at radius 1 is 0.621 bits per heavy atom. The lowest BCUT2D eigenvalue weighted by Crippen LogP contribution is -2.60. The normalized spacial score (nSPS) is 21.7. The number of carbonyl (C=O) groups is 9. The second-order valence-corrected chi connectivity index (χ2v) is 19.0. The van der Waals surface area contributed by atoms with E-state index in [-0.39, 0.29) is 103 Å². The molecule has 4 rings (SSSR count). The summed E-state index contributed by atoms with van der Waals surface area (Å²) in [7, 11) is 2.20. The standard InChI is InChI=1S/C52H79N11O24/c1-6-14-75-18-20-78-22-23-79-21-19-76-15-9-40(68)63(12-8-7-10-57-38(66)28-80-43(36-26-82-51(71)86-36)45-41(59-30(2)64)32(61-49(53)54)24-34(84-45)47(69)73-4)13-17-77-16-11-58-39(67)29-81-44(37-27-83-52(72)87-37)46-42(60-31(3)65)33(62-50(55)56)25-35(85-46)48(70)74-5/h1,24-25,32-33,36-37,41-46H,7-23,26-29H2,2-5H3,(H,57,66)(H,58,67)(H,59,64)(H,60,65)(H4,53,54,61)(H4,55,56,62)/t32-,33-,36+,37+,41+,42+,43+,44+,45+,46+/m0/s1. The molecule has 4 heterocycles. The lowest BCUT2D eigenvalue weighted by Gasteiger charge is -2.40. The van der Waals surface area contributed by atoms with E-state index in [9.17, 15) is 43.2 Å². The average Bonchev–Trinajstić information content (AvgIpc) is 2.26. The number of nitrogens with two attached hydrogens (primary N) is 4. The molecule has 4 aliphatic heterocycles. The highest BCUT2D eigenvalue weighted by atomic mass is 16.8. The molecule has 35 nitrogen and oxygen atoms in total. The van der Waals surface area contributed by atoms with Gasteiger partial charge in [0.25, 0.3) is 0 Å². The van der Waals surface area contributed by atoms with Crippen LogP contribution in [0.25, 0.3) is 0 Å². The van der Waals surface area contributed by atoms with Crippen LogP contribution in [0.1, 0.15) is 33.1 Å². The molecule has 0 radical (unpaired) electrons. The van der Waals surface area contributed by atoms with Crippen LogP contribution in [0.2, 0.25) is 0 Å². The van der Waals surface area contributed by atoms with Gasteiger partial charge in [0.1, 0.15) is 45.2 Å². The second kappa shape index (κ2) is 38.7. The van der Waals surface area contributed by atoms with Crippen LogP contribution in [0.15, 0.2) is 33.7 Å². The molecule has 4 aliphatic rings. The van der Waals surface area contributed by atoms with Gasteiger partial charge in [-0.05, 0) is 25.0 Å². The number of aliphatic imine (C=N–C) groups is 2. The number of hydrogen-bond donors (Lipinski definition) is 8. The summed E-state index contributed by atoms with van der Waals surface area (Å²) in [4.78, 5) is 124. The van der Waals surface area contributed by atoms with Crippen LogP contribution in [0.4, 0.5) is 9.59 Å². The van der Waals surface area contributed by atoms with Crippen molar-refractivity contribution >= 4 is 65.7 Å². The first-order chi connectivity index (χ1) is 41.7. The molecule has 0 aliphatic carbocycles.